The van der Waals surface area contributed by atoms with Crippen LogP contribution in [0.4, 0.5) is 0 Å². The SMILES string of the molecule is CCCCC(C)C1OCC(O)CO1. The summed E-state index contributed by atoms with van der Waals surface area (Å²) in [6.45, 7) is 5.15. The Balaban J connectivity index is 2.19. The fourth-order valence-corrected chi connectivity index (χ4v) is 1.50. The predicted molar refractivity (Wildman–Crippen MR) is 50.4 cm³/mol. The Morgan fingerprint density at radius 1 is 1.38 bits per heavy atom. The van der Waals surface area contributed by atoms with Crippen molar-refractivity contribution in [2.24, 2.45) is 5.92 Å². The first-order chi connectivity index (χ1) is 6.24. The Kier molecular flexibility index (Phi) is 4.70. The molecule has 0 spiro atoms. The molecular formula is C10H20O3. The fourth-order valence-electron chi connectivity index (χ4n) is 1.50. The van der Waals surface area contributed by atoms with Gasteiger partial charge in [0.25, 0.3) is 0 Å². The minimum absolute atomic E-state index is 0.102. The van der Waals surface area contributed by atoms with Gasteiger partial charge in [-0.1, -0.05) is 26.7 Å². The maximum absolute atomic E-state index is 9.13. The minimum atomic E-state index is -0.436. The summed E-state index contributed by atoms with van der Waals surface area (Å²) in [5.74, 6) is 0.437. The van der Waals surface area contributed by atoms with E-state index in [1.165, 1.54) is 12.8 Å². The average Bonchev–Trinajstić information content (AvgIpc) is 2.15. The molecule has 0 saturated carbocycles. The molecule has 0 aromatic carbocycles. The summed E-state index contributed by atoms with van der Waals surface area (Å²) >= 11 is 0. The molecule has 1 saturated heterocycles. The van der Waals surface area contributed by atoms with Gasteiger partial charge in [-0.25, -0.2) is 0 Å². The third kappa shape index (κ3) is 3.63. The first kappa shape index (κ1) is 11.0. The van der Waals surface area contributed by atoms with Gasteiger partial charge in [-0.05, 0) is 6.42 Å². The molecule has 0 aromatic rings. The molecule has 1 aliphatic heterocycles. The zero-order valence-electron chi connectivity index (χ0n) is 8.53. The van der Waals surface area contributed by atoms with Crippen LogP contribution in [0.1, 0.15) is 33.1 Å². The summed E-state index contributed by atoms with van der Waals surface area (Å²) in [4.78, 5) is 0. The molecule has 0 radical (unpaired) electrons. The monoisotopic (exact) mass is 188 g/mol. The summed E-state index contributed by atoms with van der Waals surface area (Å²) in [5, 5.41) is 9.13. The largest absolute Gasteiger partial charge is 0.388 e. The summed E-state index contributed by atoms with van der Waals surface area (Å²) in [5.41, 5.74) is 0. The van der Waals surface area contributed by atoms with Gasteiger partial charge >= 0.3 is 0 Å². The number of unbranched alkanes of at least 4 members (excludes halogenated alkanes) is 1. The van der Waals surface area contributed by atoms with E-state index in [4.69, 9.17) is 14.6 Å². The Morgan fingerprint density at radius 3 is 2.54 bits per heavy atom. The van der Waals surface area contributed by atoms with Crippen LogP contribution in [0.3, 0.4) is 0 Å². The molecule has 1 heterocycles. The Labute approximate surface area is 80.0 Å². The molecule has 0 aromatic heterocycles. The second-order valence-electron chi connectivity index (χ2n) is 3.81. The number of rotatable bonds is 4. The van der Waals surface area contributed by atoms with Gasteiger partial charge in [-0.2, -0.15) is 0 Å². The van der Waals surface area contributed by atoms with E-state index in [9.17, 15) is 0 Å². The quantitative estimate of drug-likeness (QED) is 0.727. The van der Waals surface area contributed by atoms with E-state index in [1.54, 1.807) is 0 Å². The maximum atomic E-state index is 9.13. The van der Waals surface area contributed by atoms with Gasteiger partial charge in [0.2, 0.25) is 0 Å². The van der Waals surface area contributed by atoms with Gasteiger partial charge in [-0.3, -0.25) is 0 Å². The fraction of sp³-hybridized carbons (Fsp3) is 1.00. The number of hydrogen-bond donors (Lipinski definition) is 1. The van der Waals surface area contributed by atoms with Crippen LogP contribution in [0.25, 0.3) is 0 Å². The highest BCUT2D eigenvalue weighted by Gasteiger charge is 2.24. The molecule has 1 N–H and O–H groups in total. The molecular weight excluding hydrogens is 168 g/mol. The molecule has 3 heteroatoms. The predicted octanol–water partition coefficient (Wildman–Crippen LogP) is 1.55. The topological polar surface area (TPSA) is 38.7 Å². The molecule has 1 unspecified atom stereocenters. The van der Waals surface area contributed by atoms with Gasteiger partial charge in [0, 0.05) is 5.92 Å². The first-order valence-electron chi connectivity index (χ1n) is 5.15. The van der Waals surface area contributed by atoms with Crippen molar-refractivity contribution in [2.75, 3.05) is 13.2 Å². The zero-order chi connectivity index (χ0) is 9.68. The molecule has 0 amide bonds. The third-order valence-corrected chi connectivity index (χ3v) is 2.38. The number of aliphatic hydroxyl groups is 1. The van der Waals surface area contributed by atoms with Gasteiger partial charge in [0.1, 0.15) is 6.10 Å². The van der Waals surface area contributed by atoms with Crippen molar-refractivity contribution in [1.29, 1.82) is 0 Å². The molecule has 0 aliphatic carbocycles. The summed E-state index contributed by atoms with van der Waals surface area (Å²) in [6, 6.07) is 0. The van der Waals surface area contributed by atoms with Crippen molar-refractivity contribution < 1.29 is 14.6 Å². The van der Waals surface area contributed by atoms with Crippen molar-refractivity contribution in [3.63, 3.8) is 0 Å². The Morgan fingerprint density at radius 2 is 2.00 bits per heavy atom. The summed E-state index contributed by atoms with van der Waals surface area (Å²) in [7, 11) is 0. The molecule has 3 nitrogen and oxygen atoms in total. The van der Waals surface area contributed by atoms with Gasteiger partial charge in [0.15, 0.2) is 6.29 Å². The smallest absolute Gasteiger partial charge is 0.160 e. The normalized spacial score (nSPS) is 31.6. The number of hydrogen-bond acceptors (Lipinski definition) is 3. The lowest BCUT2D eigenvalue weighted by molar-refractivity contribution is -0.236. The molecule has 78 valence electrons. The van der Waals surface area contributed by atoms with Crippen molar-refractivity contribution in [3.05, 3.63) is 0 Å². The number of ether oxygens (including phenoxy) is 2. The standard InChI is InChI=1S/C10H20O3/c1-3-4-5-8(2)10-12-6-9(11)7-13-10/h8-11H,3-7H2,1-2H3. The van der Waals surface area contributed by atoms with Crippen molar-refractivity contribution in [3.8, 4) is 0 Å². The van der Waals surface area contributed by atoms with E-state index in [0.717, 1.165) is 6.42 Å². The van der Waals surface area contributed by atoms with Crippen LogP contribution in [0.2, 0.25) is 0 Å². The second-order valence-corrected chi connectivity index (χ2v) is 3.81. The molecule has 13 heavy (non-hydrogen) atoms. The summed E-state index contributed by atoms with van der Waals surface area (Å²) < 4.78 is 10.8. The lowest BCUT2D eigenvalue weighted by atomic mass is 10.0. The minimum Gasteiger partial charge on any atom is -0.388 e. The van der Waals surface area contributed by atoms with Crippen LogP contribution in [0.5, 0.6) is 0 Å². The highest BCUT2D eigenvalue weighted by atomic mass is 16.7. The van der Waals surface area contributed by atoms with E-state index in [2.05, 4.69) is 13.8 Å². The van der Waals surface area contributed by atoms with E-state index in [-0.39, 0.29) is 6.29 Å². The van der Waals surface area contributed by atoms with Crippen LogP contribution in [0, 0.1) is 5.92 Å². The Hall–Kier alpha value is -0.120. The lowest BCUT2D eigenvalue weighted by Crippen LogP contribution is -2.38. The van der Waals surface area contributed by atoms with Crippen molar-refractivity contribution >= 4 is 0 Å². The molecule has 1 rings (SSSR count). The van der Waals surface area contributed by atoms with Crippen LogP contribution in [-0.4, -0.2) is 30.7 Å². The highest BCUT2D eigenvalue weighted by Crippen LogP contribution is 2.19. The Bertz CT molecular complexity index is 130. The molecule has 1 atom stereocenters. The molecule has 0 bridgehead atoms. The third-order valence-electron chi connectivity index (χ3n) is 2.38. The van der Waals surface area contributed by atoms with Crippen LogP contribution in [-0.2, 0) is 9.47 Å². The van der Waals surface area contributed by atoms with E-state index in [1.807, 2.05) is 0 Å². The lowest BCUT2D eigenvalue weighted by Gasteiger charge is -2.30. The molecule has 1 fully saturated rings. The van der Waals surface area contributed by atoms with Crippen molar-refractivity contribution in [1.82, 2.24) is 0 Å². The molecule has 1 aliphatic rings. The average molecular weight is 188 g/mol. The first-order valence-corrected chi connectivity index (χ1v) is 5.15. The second kappa shape index (κ2) is 5.58. The zero-order valence-corrected chi connectivity index (χ0v) is 8.53. The van der Waals surface area contributed by atoms with Crippen LogP contribution >= 0.6 is 0 Å². The van der Waals surface area contributed by atoms with Gasteiger partial charge in [0.05, 0.1) is 13.2 Å². The number of aliphatic hydroxyl groups excluding tert-OH is 1. The van der Waals surface area contributed by atoms with Crippen LogP contribution < -0.4 is 0 Å². The highest BCUT2D eigenvalue weighted by molar-refractivity contribution is 4.65. The maximum Gasteiger partial charge on any atom is 0.160 e. The van der Waals surface area contributed by atoms with Gasteiger partial charge < -0.3 is 14.6 Å². The van der Waals surface area contributed by atoms with Crippen LogP contribution in [0.15, 0.2) is 0 Å². The van der Waals surface area contributed by atoms with E-state index < -0.39 is 6.10 Å². The van der Waals surface area contributed by atoms with Crippen molar-refractivity contribution in [2.45, 2.75) is 45.5 Å². The summed E-state index contributed by atoms with van der Waals surface area (Å²) in [6.07, 6.45) is 3.02. The van der Waals surface area contributed by atoms with Gasteiger partial charge in [-0.15, -0.1) is 0 Å². The van der Waals surface area contributed by atoms with E-state index >= 15 is 0 Å². The van der Waals surface area contributed by atoms with E-state index in [0.29, 0.717) is 19.1 Å².